The summed E-state index contributed by atoms with van der Waals surface area (Å²) in [5.41, 5.74) is 1.08. The molecule has 70 valence electrons. The molecule has 0 bridgehead atoms. The van der Waals surface area contributed by atoms with E-state index in [-0.39, 0.29) is 0 Å². The molecule has 0 aliphatic carbocycles. The maximum atomic E-state index is 5.84. The van der Waals surface area contributed by atoms with E-state index in [4.69, 9.17) is 11.6 Å². The predicted octanol–water partition coefficient (Wildman–Crippen LogP) is 3.59. The molecule has 0 aliphatic rings. The van der Waals surface area contributed by atoms with E-state index in [0.29, 0.717) is 0 Å². The van der Waals surface area contributed by atoms with E-state index in [1.807, 2.05) is 30.5 Å². The van der Waals surface area contributed by atoms with Crippen LogP contribution in [0.4, 0.5) is 0 Å². The summed E-state index contributed by atoms with van der Waals surface area (Å²) < 4.78 is 4.52. The average Bonchev–Trinajstić information content (AvgIpc) is 2.00. The highest BCUT2D eigenvalue weighted by molar-refractivity contribution is 6.75. The van der Waals surface area contributed by atoms with Gasteiger partial charge in [0.2, 0.25) is 0 Å². The van der Waals surface area contributed by atoms with Gasteiger partial charge < -0.3 is 4.66 Å². The van der Waals surface area contributed by atoms with Crippen LogP contribution in [0.1, 0.15) is 5.56 Å². The van der Waals surface area contributed by atoms with Crippen molar-refractivity contribution in [1.29, 1.82) is 0 Å². The number of rotatable bonds is 2. The number of benzene rings is 1. The summed E-state index contributed by atoms with van der Waals surface area (Å²) >= 11 is 5.84. The summed E-state index contributed by atoms with van der Waals surface area (Å²) in [6.07, 6.45) is 1.91. The van der Waals surface area contributed by atoms with E-state index in [1.54, 1.807) is 0 Å². The quantitative estimate of drug-likeness (QED) is 0.524. The van der Waals surface area contributed by atoms with Crippen molar-refractivity contribution < 1.29 is 0 Å². The molecule has 3 heteroatoms. The largest absolute Gasteiger partial charge is 0.329 e. The molecule has 0 aromatic heterocycles. The summed E-state index contributed by atoms with van der Waals surface area (Å²) in [7, 11) is -1.33. The van der Waals surface area contributed by atoms with E-state index < -0.39 is 8.24 Å². The second-order valence-corrected chi connectivity index (χ2v) is 9.02. The lowest BCUT2D eigenvalue weighted by Crippen LogP contribution is -2.16. The van der Waals surface area contributed by atoms with Crippen molar-refractivity contribution in [2.75, 3.05) is 0 Å². The maximum absolute atomic E-state index is 5.84. The van der Waals surface area contributed by atoms with E-state index in [1.165, 1.54) is 0 Å². The summed E-state index contributed by atoms with van der Waals surface area (Å²) in [5, 5.41) is 0.763. The number of hydrogen-bond acceptors (Lipinski definition) is 1. The molecule has 1 nitrogen and oxygen atoms in total. The molecule has 0 saturated heterocycles. The van der Waals surface area contributed by atoms with Gasteiger partial charge in [0.05, 0.1) is 0 Å². The molecule has 1 aromatic carbocycles. The second kappa shape index (κ2) is 4.07. The molecule has 0 spiro atoms. The van der Waals surface area contributed by atoms with Crippen LogP contribution in [0, 0.1) is 0 Å². The zero-order valence-electron chi connectivity index (χ0n) is 8.21. The SMILES string of the molecule is C[Si](C)(C)/N=C/c1cccc(Cl)c1. The summed E-state index contributed by atoms with van der Waals surface area (Å²) in [4.78, 5) is 0. The van der Waals surface area contributed by atoms with Gasteiger partial charge in [-0.25, -0.2) is 0 Å². The standard InChI is InChI=1S/C10H14ClNSi/c1-13(2,3)12-8-9-5-4-6-10(11)7-9/h4-8H,1-3H3/b12-8+. The third-order valence-corrected chi connectivity index (χ3v) is 2.59. The fourth-order valence-corrected chi connectivity index (χ4v) is 1.59. The number of hydrogen-bond donors (Lipinski definition) is 0. The lowest BCUT2D eigenvalue weighted by molar-refractivity contribution is 1.56. The van der Waals surface area contributed by atoms with Crippen LogP contribution in [0.25, 0.3) is 0 Å². The minimum absolute atomic E-state index is 0.763. The van der Waals surface area contributed by atoms with E-state index in [0.717, 1.165) is 10.6 Å². The lowest BCUT2D eigenvalue weighted by atomic mass is 10.2. The van der Waals surface area contributed by atoms with Gasteiger partial charge in [-0.1, -0.05) is 23.7 Å². The second-order valence-electron chi connectivity index (χ2n) is 3.98. The monoisotopic (exact) mass is 211 g/mol. The first-order valence-electron chi connectivity index (χ1n) is 4.28. The topological polar surface area (TPSA) is 12.4 Å². The molecule has 13 heavy (non-hydrogen) atoms. The molecule has 0 heterocycles. The van der Waals surface area contributed by atoms with Crippen molar-refractivity contribution in [1.82, 2.24) is 0 Å². The van der Waals surface area contributed by atoms with Gasteiger partial charge in [-0.2, -0.15) is 0 Å². The van der Waals surface area contributed by atoms with Crippen molar-refractivity contribution in [3.63, 3.8) is 0 Å². The van der Waals surface area contributed by atoms with Crippen LogP contribution in [0.15, 0.2) is 28.9 Å². The van der Waals surface area contributed by atoms with Gasteiger partial charge in [0.15, 0.2) is 8.24 Å². The molecule has 0 fully saturated rings. The minimum Gasteiger partial charge on any atom is -0.329 e. The van der Waals surface area contributed by atoms with Crippen LogP contribution in [-0.4, -0.2) is 14.5 Å². The Kier molecular flexibility index (Phi) is 3.28. The highest BCUT2D eigenvalue weighted by Crippen LogP contribution is 2.10. The predicted molar refractivity (Wildman–Crippen MR) is 62.4 cm³/mol. The van der Waals surface area contributed by atoms with Gasteiger partial charge in [-0.3, -0.25) is 0 Å². The Balaban J connectivity index is 2.80. The smallest absolute Gasteiger partial charge is 0.172 e. The van der Waals surface area contributed by atoms with Crippen molar-refractivity contribution in [3.8, 4) is 0 Å². The highest BCUT2D eigenvalue weighted by atomic mass is 35.5. The third-order valence-electron chi connectivity index (χ3n) is 1.45. The molecule has 1 rings (SSSR count). The Morgan fingerprint density at radius 1 is 1.31 bits per heavy atom. The Labute approximate surface area is 85.6 Å². The molecule has 0 atom stereocenters. The highest BCUT2D eigenvalue weighted by Gasteiger charge is 2.08. The maximum Gasteiger partial charge on any atom is 0.172 e. The summed E-state index contributed by atoms with van der Waals surface area (Å²) in [6, 6.07) is 7.74. The van der Waals surface area contributed by atoms with Gasteiger partial charge in [0, 0.05) is 11.2 Å². The van der Waals surface area contributed by atoms with Gasteiger partial charge in [-0.15, -0.1) is 0 Å². The van der Waals surface area contributed by atoms with Gasteiger partial charge in [-0.05, 0) is 37.3 Å². The van der Waals surface area contributed by atoms with Gasteiger partial charge >= 0.3 is 0 Å². The summed E-state index contributed by atoms with van der Waals surface area (Å²) in [6.45, 7) is 6.61. The van der Waals surface area contributed by atoms with E-state index >= 15 is 0 Å². The Morgan fingerprint density at radius 3 is 2.54 bits per heavy atom. The minimum atomic E-state index is -1.33. The fraction of sp³-hybridized carbons (Fsp3) is 0.300. The Morgan fingerprint density at radius 2 is 2.00 bits per heavy atom. The zero-order valence-corrected chi connectivity index (χ0v) is 9.97. The van der Waals surface area contributed by atoms with Crippen molar-refractivity contribution in [3.05, 3.63) is 34.9 Å². The molecule has 0 aliphatic heterocycles. The molecular formula is C10H14ClNSi. The van der Waals surface area contributed by atoms with Crippen molar-refractivity contribution in [2.45, 2.75) is 19.6 Å². The van der Waals surface area contributed by atoms with Crippen LogP contribution >= 0.6 is 11.6 Å². The normalized spacial score (nSPS) is 12.3. The molecule has 0 unspecified atom stereocenters. The Bertz CT molecular complexity index is 315. The fourth-order valence-electron chi connectivity index (χ4n) is 0.855. The molecule has 0 radical (unpaired) electrons. The van der Waals surface area contributed by atoms with Crippen LogP contribution in [0.3, 0.4) is 0 Å². The van der Waals surface area contributed by atoms with Crippen LogP contribution in [0.5, 0.6) is 0 Å². The molecule has 0 saturated carbocycles. The molecule has 1 aromatic rings. The van der Waals surface area contributed by atoms with Crippen LogP contribution in [-0.2, 0) is 0 Å². The van der Waals surface area contributed by atoms with Crippen molar-refractivity contribution >= 4 is 26.1 Å². The van der Waals surface area contributed by atoms with E-state index in [9.17, 15) is 0 Å². The van der Waals surface area contributed by atoms with Crippen molar-refractivity contribution in [2.24, 2.45) is 4.66 Å². The third kappa shape index (κ3) is 4.25. The number of halogens is 1. The number of nitrogens with zero attached hydrogens (tertiary/aromatic N) is 1. The van der Waals surface area contributed by atoms with E-state index in [2.05, 4.69) is 24.3 Å². The first kappa shape index (κ1) is 10.5. The van der Waals surface area contributed by atoms with Gasteiger partial charge in [0.25, 0.3) is 0 Å². The molecule has 0 amide bonds. The first-order valence-corrected chi connectivity index (χ1v) is 8.11. The van der Waals surface area contributed by atoms with Gasteiger partial charge in [0.1, 0.15) is 0 Å². The first-order chi connectivity index (χ1) is 5.97. The molecule has 0 N–H and O–H groups in total. The van der Waals surface area contributed by atoms with Crippen LogP contribution < -0.4 is 0 Å². The molecular weight excluding hydrogens is 198 g/mol. The zero-order chi connectivity index (χ0) is 9.90. The Hall–Kier alpha value is -0.603. The average molecular weight is 212 g/mol. The lowest BCUT2D eigenvalue weighted by Gasteiger charge is -2.07. The summed E-state index contributed by atoms with van der Waals surface area (Å²) in [5.74, 6) is 0. The van der Waals surface area contributed by atoms with Crippen LogP contribution in [0.2, 0.25) is 24.7 Å².